The van der Waals surface area contributed by atoms with Gasteiger partial charge in [0.05, 0.1) is 0 Å². The summed E-state index contributed by atoms with van der Waals surface area (Å²) in [5.41, 5.74) is -0.822. The predicted octanol–water partition coefficient (Wildman–Crippen LogP) is 1.72. The molecule has 0 saturated carbocycles. The molecule has 3 rings (SSSR count). The molecule has 1 heterocycles. The van der Waals surface area contributed by atoms with Crippen LogP contribution in [0.3, 0.4) is 0 Å². The quantitative estimate of drug-likeness (QED) is 0.455. The van der Waals surface area contributed by atoms with E-state index >= 15 is 0 Å². The maximum Gasteiger partial charge on any atom is 0.262 e. The van der Waals surface area contributed by atoms with Crippen LogP contribution < -0.4 is 9.61 Å². The number of aryl methyl sites for hydroxylation is 1. The number of aromatic hydroxyl groups is 3. The van der Waals surface area contributed by atoms with Gasteiger partial charge in [0.1, 0.15) is 28.2 Å². The summed E-state index contributed by atoms with van der Waals surface area (Å²) in [6, 6.07) is 5.85. The summed E-state index contributed by atoms with van der Waals surface area (Å²) in [6.45, 7) is 1.48. The van der Waals surface area contributed by atoms with E-state index in [9.17, 15) is 33.1 Å². The molecule has 136 valence electrons. The fourth-order valence-corrected chi connectivity index (χ4v) is 2.81. The Morgan fingerprint density at radius 3 is 2.46 bits per heavy atom. The molecular weight excluding hydrogens is 368 g/mol. The van der Waals surface area contributed by atoms with E-state index in [1.807, 2.05) is 0 Å². The van der Waals surface area contributed by atoms with Gasteiger partial charge < -0.3 is 28.5 Å². The zero-order valence-corrected chi connectivity index (χ0v) is 13.9. The summed E-state index contributed by atoms with van der Waals surface area (Å²) in [7, 11) is -5.03. The molecule has 2 aromatic carbocycles. The van der Waals surface area contributed by atoms with Crippen molar-refractivity contribution in [3.63, 3.8) is 0 Å². The molecule has 0 aliphatic heterocycles. The fourth-order valence-electron chi connectivity index (χ4n) is 2.41. The summed E-state index contributed by atoms with van der Waals surface area (Å²) >= 11 is 0. The molecule has 0 atom stereocenters. The Morgan fingerprint density at radius 1 is 1.12 bits per heavy atom. The van der Waals surface area contributed by atoms with E-state index in [0.29, 0.717) is 5.56 Å². The van der Waals surface area contributed by atoms with Gasteiger partial charge in [-0.2, -0.15) is 0 Å². The number of benzene rings is 2. The smallest absolute Gasteiger partial charge is 0.262 e. The lowest BCUT2D eigenvalue weighted by Crippen LogP contribution is -2.08. The van der Waals surface area contributed by atoms with E-state index in [4.69, 9.17) is 4.42 Å². The molecule has 0 aliphatic rings. The van der Waals surface area contributed by atoms with Crippen LogP contribution in [0.4, 0.5) is 0 Å². The second-order valence-electron chi connectivity index (χ2n) is 5.42. The lowest BCUT2D eigenvalue weighted by atomic mass is 10.1. The minimum absolute atomic E-state index is 0.0357. The third-order valence-corrected chi connectivity index (χ3v) is 3.96. The lowest BCUT2D eigenvalue weighted by Gasteiger charge is -2.13. The van der Waals surface area contributed by atoms with Crippen molar-refractivity contribution in [2.45, 2.75) is 6.92 Å². The van der Waals surface area contributed by atoms with Gasteiger partial charge in [-0.1, -0.05) is 12.1 Å². The zero-order chi connectivity index (χ0) is 19.2. The second kappa shape index (κ2) is 5.93. The number of rotatable bonds is 3. The molecule has 9 nitrogen and oxygen atoms in total. The first-order valence-electron chi connectivity index (χ1n) is 7.05. The van der Waals surface area contributed by atoms with Crippen LogP contribution in [0.5, 0.6) is 23.0 Å². The number of hydrogen-bond acceptors (Lipinski definition) is 9. The maximum atomic E-state index is 12.3. The summed E-state index contributed by atoms with van der Waals surface area (Å²) in [4.78, 5) is 12.3. The van der Waals surface area contributed by atoms with Crippen LogP contribution in [-0.4, -0.2) is 28.3 Å². The van der Waals surface area contributed by atoms with Crippen LogP contribution in [0.25, 0.3) is 22.3 Å². The fraction of sp³-hybridized carbons (Fsp3) is 0.0625. The topological polar surface area (TPSA) is 157 Å². The van der Waals surface area contributed by atoms with Gasteiger partial charge in [-0.25, -0.2) is 8.42 Å². The molecule has 0 bridgehead atoms. The first-order valence-corrected chi connectivity index (χ1v) is 8.38. The van der Waals surface area contributed by atoms with Gasteiger partial charge >= 0.3 is 0 Å². The minimum Gasteiger partial charge on any atom is -0.716 e. The Kier molecular flexibility index (Phi) is 4.01. The Hall–Kier alpha value is -3.24. The highest BCUT2D eigenvalue weighted by molar-refractivity contribution is 7.81. The van der Waals surface area contributed by atoms with Crippen molar-refractivity contribution < 1.29 is 36.9 Å². The van der Waals surface area contributed by atoms with Crippen molar-refractivity contribution >= 4 is 21.4 Å². The van der Waals surface area contributed by atoms with Crippen LogP contribution in [0.2, 0.25) is 0 Å². The van der Waals surface area contributed by atoms with Crippen LogP contribution in [0.1, 0.15) is 5.56 Å². The predicted molar refractivity (Wildman–Crippen MR) is 88.0 cm³/mol. The normalized spacial score (nSPS) is 11.6. The summed E-state index contributed by atoms with van der Waals surface area (Å²) in [6.07, 6.45) is 0. The molecule has 0 aliphatic carbocycles. The van der Waals surface area contributed by atoms with Crippen LogP contribution in [-0.2, 0) is 10.4 Å². The van der Waals surface area contributed by atoms with E-state index in [-0.39, 0.29) is 33.8 Å². The molecule has 0 fully saturated rings. The highest BCUT2D eigenvalue weighted by atomic mass is 32.3. The van der Waals surface area contributed by atoms with Gasteiger partial charge in [0, 0.05) is 17.7 Å². The average Bonchev–Trinajstić information content (AvgIpc) is 2.51. The Balaban J connectivity index is 2.28. The molecule has 1 aromatic heterocycles. The number of phenols is 2. The second-order valence-corrected chi connectivity index (χ2v) is 6.40. The van der Waals surface area contributed by atoms with Gasteiger partial charge in [0.15, 0.2) is 5.76 Å². The molecule has 0 unspecified atom stereocenters. The third-order valence-electron chi connectivity index (χ3n) is 3.58. The zero-order valence-electron chi connectivity index (χ0n) is 13.1. The maximum absolute atomic E-state index is 12.3. The van der Waals surface area contributed by atoms with E-state index in [0.717, 1.165) is 18.2 Å². The van der Waals surface area contributed by atoms with Crippen molar-refractivity contribution in [2.24, 2.45) is 0 Å². The summed E-state index contributed by atoms with van der Waals surface area (Å²) < 4.78 is 42.2. The van der Waals surface area contributed by atoms with E-state index in [2.05, 4.69) is 4.18 Å². The van der Waals surface area contributed by atoms with Gasteiger partial charge in [-0.15, -0.1) is 0 Å². The highest BCUT2D eigenvalue weighted by Crippen LogP contribution is 2.36. The molecule has 0 radical (unpaired) electrons. The third kappa shape index (κ3) is 3.15. The van der Waals surface area contributed by atoms with E-state index < -0.39 is 27.3 Å². The van der Waals surface area contributed by atoms with Crippen molar-refractivity contribution in [1.82, 2.24) is 0 Å². The summed E-state index contributed by atoms with van der Waals surface area (Å²) in [5.74, 6) is -2.47. The Labute approximate surface area is 146 Å². The number of phenolic OH excluding ortho intramolecular Hbond substituents is 2. The van der Waals surface area contributed by atoms with E-state index in [1.54, 1.807) is 0 Å². The summed E-state index contributed by atoms with van der Waals surface area (Å²) in [5, 5.41) is 29.1. The minimum atomic E-state index is -5.03. The largest absolute Gasteiger partial charge is 0.716 e. The van der Waals surface area contributed by atoms with Crippen molar-refractivity contribution in [3.8, 4) is 34.3 Å². The standard InChI is InChI=1S/C16H12O9S/c1-7-2-3-8(4-11(7)25-26(21,22)23)16-15(20)14(19)13-10(18)5-9(17)6-12(13)24-16/h2-6,17-18,20H,1H3,(H,21,22,23)/p-1. The average molecular weight is 379 g/mol. The molecule has 0 amide bonds. The molecular formula is C16H11O9S-. The highest BCUT2D eigenvalue weighted by Gasteiger charge is 2.19. The molecule has 3 aromatic rings. The van der Waals surface area contributed by atoms with Gasteiger partial charge in [-0.3, -0.25) is 4.79 Å². The Morgan fingerprint density at radius 2 is 1.81 bits per heavy atom. The molecule has 10 heteroatoms. The first-order chi connectivity index (χ1) is 12.1. The number of hydrogen-bond donors (Lipinski definition) is 3. The molecule has 0 spiro atoms. The molecule has 3 N–H and O–H groups in total. The Bertz CT molecular complexity index is 1190. The van der Waals surface area contributed by atoms with E-state index in [1.165, 1.54) is 19.1 Å². The van der Waals surface area contributed by atoms with Gasteiger partial charge in [-0.05, 0) is 18.6 Å². The number of fused-ring (bicyclic) bond motifs is 1. The van der Waals surface area contributed by atoms with Crippen LogP contribution >= 0.6 is 0 Å². The SMILES string of the molecule is Cc1ccc(-c2oc3cc(O)cc(O)c3c(=O)c2O)cc1OS(=O)(=O)[O-]. The van der Waals surface area contributed by atoms with Gasteiger partial charge in [0.25, 0.3) is 10.4 Å². The first kappa shape index (κ1) is 17.6. The molecule has 26 heavy (non-hydrogen) atoms. The monoisotopic (exact) mass is 379 g/mol. The lowest BCUT2D eigenvalue weighted by molar-refractivity contribution is 0.371. The molecule has 0 saturated heterocycles. The van der Waals surface area contributed by atoms with Crippen molar-refractivity contribution in [1.29, 1.82) is 0 Å². The van der Waals surface area contributed by atoms with Crippen molar-refractivity contribution in [2.75, 3.05) is 0 Å². The van der Waals surface area contributed by atoms with Crippen LogP contribution in [0, 0.1) is 6.92 Å². The van der Waals surface area contributed by atoms with Crippen LogP contribution in [0.15, 0.2) is 39.5 Å². The van der Waals surface area contributed by atoms with Gasteiger partial charge in [0.2, 0.25) is 11.2 Å². The van der Waals surface area contributed by atoms with Crippen molar-refractivity contribution in [3.05, 3.63) is 46.1 Å².